The maximum Gasteiger partial charge on any atom is 0.343 e. The van der Waals surface area contributed by atoms with Gasteiger partial charge < -0.3 is 14.2 Å². The molecular formula is C32H46O5. The third-order valence-electron chi connectivity index (χ3n) is 6.43. The zero-order valence-electron chi connectivity index (χ0n) is 23.1. The Hall–Kier alpha value is -2.82. The van der Waals surface area contributed by atoms with E-state index >= 15 is 0 Å². The van der Waals surface area contributed by atoms with E-state index in [1.807, 2.05) is 6.92 Å². The molecule has 37 heavy (non-hydrogen) atoms. The van der Waals surface area contributed by atoms with Crippen molar-refractivity contribution in [1.82, 2.24) is 0 Å². The second-order valence-electron chi connectivity index (χ2n) is 9.83. The minimum absolute atomic E-state index is 0.117. The molecule has 0 heterocycles. The van der Waals surface area contributed by atoms with Gasteiger partial charge in [-0.05, 0) is 74.7 Å². The van der Waals surface area contributed by atoms with Gasteiger partial charge >= 0.3 is 11.9 Å². The summed E-state index contributed by atoms with van der Waals surface area (Å²) < 4.78 is 16.8. The van der Waals surface area contributed by atoms with Gasteiger partial charge in [0.25, 0.3) is 0 Å². The van der Waals surface area contributed by atoms with Crippen LogP contribution in [0.1, 0.15) is 125 Å². The largest absolute Gasteiger partial charge is 0.494 e. The van der Waals surface area contributed by atoms with Crippen LogP contribution in [0.3, 0.4) is 0 Å². The maximum atomic E-state index is 12.5. The van der Waals surface area contributed by atoms with Gasteiger partial charge in [-0.1, -0.05) is 78.1 Å². The maximum absolute atomic E-state index is 12.5. The van der Waals surface area contributed by atoms with E-state index < -0.39 is 5.97 Å². The molecule has 0 bridgehead atoms. The first-order valence-corrected chi connectivity index (χ1v) is 14.3. The summed E-state index contributed by atoms with van der Waals surface area (Å²) in [6.45, 7) is 7.02. The minimum atomic E-state index is -0.453. The molecule has 0 amide bonds. The third-order valence-corrected chi connectivity index (χ3v) is 6.43. The molecule has 2 aromatic carbocycles. The minimum Gasteiger partial charge on any atom is -0.494 e. The van der Waals surface area contributed by atoms with Crippen LogP contribution in [0.5, 0.6) is 11.5 Å². The van der Waals surface area contributed by atoms with E-state index in [9.17, 15) is 9.59 Å². The second-order valence-corrected chi connectivity index (χ2v) is 9.83. The zero-order valence-corrected chi connectivity index (χ0v) is 23.1. The molecule has 0 aliphatic heterocycles. The Kier molecular flexibility index (Phi) is 15.1. The molecule has 0 saturated heterocycles. The second kappa shape index (κ2) is 18.4. The normalized spacial score (nSPS) is 11.6. The molecule has 0 aliphatic rings. The fourth-order valence-corrected chi connectivity index (χ4v) is 4.11. The van der Waals surface area contributed by atoms with Crippen molar-refractivity contribution in [3.63, 3.8) is 0 Å². The van der Waals surface area contributed by atoms with Crippen molar-refractivity contribution in [3.05, 3.63) is 59.7 Å². The van der Waals surface area contributed by atoms with Crippen LogP contribution in [0.2, 0.25) is 0 Å². The van der Waals surface area contributed by atoms with E-state index in [4.69, 9.17) is 14.2 Å². The molecule has 5 heteroatoms. The fourth-order valence-electron chi connectivity index (χ4n) is 4.11. The summed E-state index contributed by atoms with van der Waals surface area (Å²) in [5.74, 6) is 0.320. The Balaban J connectivity index is 1.69. The van der Waals surface area contributed by atoms with E-state index in [1.54, 1.807) is 48.5 Å². The van der Waals surface area contributed by atoms with Gasteiger partial charge in [0.1, 0.15) is 11.5 Å². The third kappa shape index (κ3) is 12.8. The van der Waals surface area contributed by atoms with Gasteiger partial charge in [0, 0.05) is 0 Å². The van der Waals surface area contributed by atoms with Gasteiger partial charge in [-0.15, -0.1) is 0 Å². The summed E-state index contributed by atoms with van der Waals surface area (Å²) in [7, 11) is 0. The Morgan fingerprint density at radius 1 is 0.622 bits per heavy atom. The zero-order chi connectivity index (χ0) is 26.7. The van der Waals surface area contributed by atoms with Crippen LogP contribution in [-0.2, 0) is 4.74 Å². The predicted octanol–water partition coefficient (Wildman–Crippen LogP) is 8.94. The summed E-state index contributed by atoms with van der Waals surface area (Å²) in [6, 6.07) is 13.5. The van der Waals surface area contributed by atoms with Gasteiger partial charge in [-0.2, -0.15) is 0 Å². The van der Waals surface area contributed by atoms with Crippen molar-refractivity contribution >= 4 is 11.9 Å². The van der Waals surface area contributed by atoms with Crippen molar-refractivity contribution in [1.29, 1.82) is 0 Å². The van der Waals surface area contributed by atoms with Crippen LogP contribution in [0.4, 0.5) is 0 Å². The molecule has 2 aromatic rings. The molecule has 0 radical (unpaired) electrons. The van der Waals surface area contributed by atoms with Crippen molar-refractivity contribution in [2.45, 2.75) is 110 Å². The molecule has 0 N–H and O–H groups in total. The van der Waals surface area contributed by atoms with Gasteiger partial charge in [0.15, 0.2) is 0 Å². The van der Waals surface area contributed by atoms with Crippen LogP contribution in [-0.4, -0.2) is 24.6 Å². The number of hydrogen-bond acceptors (Lipinski definition) is 5. The molecule has 0 aromatic heterocycles. The van der Waals surface area contributed by atoms with Crippen LogP contribution < -0.4 is 9.47 Å². The lowest BCUT2D eigenvalue weighted by Gasteiger charge is -2.13. The molecule has 2 rings (SSSR count). The first kappa shape index (κ1) is 30.4. The molecule has 0 saturated carbocycles. The topological polar surface area (TPSA) is 61.8 Å². The average molecular weight is 511 g/mol. The van der Waals surface area contributed by atoms with E-state index in [0.717, 1.165) is 31.4 Å². The van der Waals surface area contributed by atoms with Crippen molar-refractivity contribution in [3.8, 4) is 11.5 Å². The van der Waals surface area contributed by atoms with Gasteiger partial charge in [-0.25, -0.2) is 9.59 Å². The molecular weight excluding hydrogens is 464 g/mol. The summed E-state index contributed by atoms with van der Waals surface area (Å²) in [5.41, 5.74) is 0.887. The molecule has 1 unspecified atom stereocenters. The van der Waals surface area contributed by atoms with Crippen molar-refractivity contribution in [2.75, 3.05) is 6.61 Å². The Labute approximate surface area is 223 Å². The van der Waals surface area contributed by atoms with E-state index in [-0.39, 0.29) is 12.1 Å². The number of unbranched alkanes of at least 4 members (excludes halogenated alkanes) is 10. The summed E-state index contributed by atoms with van der Waals surface area (Å²) in [5, 5.41) is 0. The molecule has 5 nitrogen and oxygen atoms in total. The number of carbonyl (C=O) groups excluding carboxylic acids is 2. The van der Waals surface area contributed by atoms with Crippen LogP contribution >= 0.6 is 0 Å². The van der Waals surface area contributed by atoms with Gasteiger partial charge in [-0.3, -0.25) is 0 Å². The quantitative estimate of drug-likeness (QED) is 0.107. The SMILES string of the molecule is CCCCCCCCCCOc1ccc(C(=O)Oc2ccc(C(=O)OC(C)CCCCCC)cc2)cc1. The van der Waals surface area contributed by atoms with Crippen LogP contribution in [0.25, 0.3) is 0 Å². The van der Waals surface area contributed by atoms with E-state index in [1.165, 1.54) is 57.8 Å². The van der Waals surface area contributed by atoms with Crippen molar-refractivity contribution in [2.24, 2.45) is 0 Å². The number of ether oxygens (including phenoxy) is 3. The number of hydrogen-bond donors (Lipinski definition) is 0. The summed E-state index contributed by atoms with van der Waals surface area (Å²) in [6.07, 6.45) is 15.5. The van der Waals surface area contributed by atoms with E-state index in [2.05, 4.69) is 13.8 Å². The molecule has 0 fully saturated rings. The van der Waals surface area contributed by atoms with E-state index in [0.29, 0.717) is 23.5 Å². The van der Waals surface area contributed by atoms with Gasteiger partial charge in [0.05, 0.1) is 23.8 Å². The highest BCUT2D eigenvalue weighted by atomic mass is 16.5. The first-order valence-electron chi connectivity index (χ1n) is 14.3. The number of carbonyl (C=O) groups is 2. The van der Waals surface area contributed by atoms with Crippen LogP contribution in [0.15, 0.2) is 48.5 Å². The number of benzene rings is 2. The lowest BCUT2D eigenvalue weighted by molar-refractivity contribution is 0.0319. The molecule has 204 valence electrons. The monoisotopic (exact) mass is 510 g/mol. The smallest absolute Gasteiger partial charge is 0.343 e. The lowest BCUT2D eigenvalue weighted by Crippen LogP contribution is -2.15. The average Bonchev–Trinajstić information content (AvgIpc) is 2.91. The highest BCUT2D eigenvalue weighted by Crippen LogP contribution is 2.18. The number of rotatable bonds is 19. The van der Waals surface area contributed by atoms with Crippen LogP contribution in [0, 0.1) is 0 Å². The van der Waals surface area contributed by atoms with Gasteiger partial charge in [0.2, 0.25) is 0 Å². The Bertz CT molecular complexity index is 888. The molecule has 1 atom stereocenters. The Morgan fingerprint density at radius 3 is 1.70 bits per heavy atom. The summed E-state index contributed by atoms with van der Waals surface area (Å²) >= 11 is 0. The first-order chi connectivity index (χ1) is 18.0. The fraction of sp³-hybridized carbons (Fsp3) is 0.562. The van der Waals surface area contributed by atoms with Crippen molar-refractivity contribution < 1.29 is 23.8 Å². The molecule has 0 spiro atoms. The highest BCUT2D eigenvalue weighted by Gasteiger charge is 2.13. The lowest BCUT2D eigenvalue weighted by atomic mass is 10.1. The molecule has 0 aliphatic carbocycles. The summed E-state index contributed by atoms with van der Waals surface area (Å²) in [4.78, 5) is 24.9. The number of esters is 2. The standard InChI is InChI=1S/C32H46O5/c1-4-6-8-10-11-12-13-15-25-35-29-21-17-28(18-22-29)32(34)37-30-23-19-27(20-24-30)31(33)36-26(3)16-14-9-7-5-2/h17-24,26H,4-16,25H2,1-3H3. The Morgan fingerprint density at radius 2 is 1.11 bits per heavy atom. The predicted molar refractivity (Wildman–Crippen MR) is 150 cm³/mol. The highest BCUT2D eigenvalue weighted by molar-refractivity contribution is 5.92.